The predicted molar refractivity (Wildman–Crippen MR) is 125 cm³/mol. The lowest BCUT2D eigenvalue weighted by Crippen LogP contribution is -2.02. The molecule has 150 valence electrons. The second kappa shape index (κ2) is 9.82. The van der Waals surface area contributed by atoms with Crippen molar-refractivity contribution in [1.29, 1.82) is 0 Å². The monoisotopic (exact) mass is 376 g/mol. The minimum absolute atomic E-state index is 0.434. The summed E-state index contributed by atoms with van der Waals surface area (Å²) >= 11 is 0. The third kappa shape index (κ3) is 5.19. The van der Waals surface area contributed by atoms with Crippen LogP contribution >= 0.6 is 0 Å². The Kier molecular flexibility index (Phi) is 7.74. The summed E-state index contributed by atoms with van der Waals surface area (Å²) in [7, 11) is 0. The van der Waals surface area contributed by atoms with Gasteiger partial charge in [0.15, 0.2) is 0 Å². The molecule has 28 heavy (non-hydrogen) atoms. The Morgan fingerprint density at radius 2 is 1.00 bits per heavy atom. The van der Waals surface area contributed by atoms with E-state index in [1.165, 1.54) is 27.8 Å². The highest BCUT2D eigenvalue weighted by Gasteiger charge is 2.13. The summed E-state index contributed by atoms with van der Waals surface area (Å²) in [5.74, 6) is 1.80. The Hall–Kier alpha value is -2.22. The zero-order chi connectivity index (χ0) is 20.8. The number of aliphatic imine (C=N–C) groups is 2. The van der Waals surface area contributed by atoms with Crippen LogP contribution in [0.25, 0.3) is 0 Å². The van der Waals surface area contributed by atoms with Gasteiger partial charge in [0.2, 0.25) is 0 Å². The van der Waals surface area contributed by atoms with Gasteiger partial charge in [-0.1, -0.05) is 91.8 Å². The molecule has 0 aliphatic rings. The molecule has 2 aromatic rings. The van der Waals surface area contributed by atoms with Crippen LogP contribution in [0, 0.1) is 0 Å². The number of nitrogens with zero attached hydrogens (tertiary/aromatic N) is 2. The van der Waals surface area contributed by atoms with Gasteiger partial charge in [0.1, 0.15) is 6.34 Å². The lowest BCUT2D eigenvalue weighted by Gasteiger charge is -2.16. The maximum Gasteiger partial charge on any atom is 0.116 e. The van der Waals surface area contributed by atoms with Gasteiger partial charge in [0, 0.05) is 6.21 Å². The zero-order valence-corrected chi connectivity index (χ0v) is 18.8. The van der Waals surface area contributed by atoms with Crippen molar-refractivity contribution >= 4 is 18.2 Å². The molecule has 2 nitrogen and oxygen atoms in total. The minimum Gasteiger partial charge on any atom is -0.244 e. The lowest BCUT2D eigenvalue weighted by atomic mass is 9.89. The molecule has 0 aliphatic carbocycles. The van der Waals surface area contributed by atoms with Gasteiger partial charge < -0.3 is 0 Å². The number of para-hydroxylation sites is 1. The van der Waals surface area contributed by atoms with Gasteiger partial charge >= 0.3 is 0 Å². The van der Waals surface area contributed by atoms with Gasteiger partial charge in [-0.05, 0) is 51.5 Å². The first-order chi connectivity index (χ1) is 13.2. The van der Waals surface area contributed by atoms with Crippen LogP contribution in [0.5, 0.6) is 0 Å². The van der Waals surface area contributed by atoms with Crippen molar-refractivity contribution in [3.05, 3.63) is 64.2 Å². The molecule has 0 atom stereocenters. The molecule has 0 saturated carbocycles. The van der Waals surface area contributed by atoms with Crippen LogP contribution in [-0.4, -0.2) is 12.6 Å². The molecule has 0 N–H and O–H groups in total. The van der Waals surface area contributed by atoms with Gasteiger partial charge in [-0.3, -0.25) is 0 Å². The van der Waals surface area contributed by atoms with Crippen LogP contribution in [-0.2, 0) is 0 Å². The first-order valence-electron chi connectivity index (χ1n) is 10.5. The fraction of sp³-hybridized carbons (Fsp3) is 0.462. The molecule has 0 radical (unpaired) electrons. The van der Waals surface area contributed by atoms with E-state index in [2.05, 4.69) is 96.8 Å². The highest BCUT2D eigenvalue weighted by molar-refractivity contribution is 5.90. The van der Waals surface area contributed by atoms with Crippen LogP contribution in [0.2, 0.25) is 0 Å². The van der Waals surface area contributed by atoms with E-state index < -0.39 is 0 Å². The van der Waals surface area contributed by atoms with Crippen LogP contribution in [0.15, 0.2) is 46.4 Å². The summed E-state index contributed by atoms with van der Waals surface area (Å²) in [6, 6.07) is 13.1. The lowest BCUT2D eigenvalue weighted by molar-refractivity contribution is 0.830. The van der Waals surface area contributed by atoms with Crippen molar-refractivity contribution in [2.45, 2.75) is 79.1 Å². The number of rotatable bonds is 7. The SMILES string of the molecule is CC(C)c1cccc(C(C)C)c1C=NC=Nc1c(C(C)C)cccc1C(C)C. The molecular formula is C26H36N2. The molecule has 0 spiro atoms. The van der Waals surface area contributed by atoms with E-state index in [9.17, 15) is 0 Å². The first kappa shape index (κ1) is 22.1. The van der Waals surface area contributed by atoms with Crippen molar-refractivity contribution in [2.75, 3.05) is 0 Å². The summed E-state index contributed by atoms with van der Waals surface area (Å²) in [6.07, 6.45) is 3.70. The Bertz CT molecular complexity index is 716. The Balaban J connectivity index is 2.43. The van der Waals surface area contributed by atoms with E-state index >= 15 is 0 Å². The van der Waals surface area contributed by atoms with Crippen molar-refractivity contribution in [3.8, 4) is 0 Å². The largest absolute Gasteiger partial charge is 0.244 e. The smallest absolute Gasteiger partial charge is 0.116 e. The van der Waals surface area contributed by atoms with Crippen molar-refractivity contribution in [2.24, 2.45) is 9.98 Å². The Morgan fingerprint density at radius 3 is 1.39 bits per heavy atom. The van der Waals surface area contributed by atoms with Gasteiger partial charge in [-0.2, -0.15) is 0 Å². The van der Waals surface area contributed by atoms with Crippen molar-refractivity contribution < 1.29 is 0 Å². The minimum atomic E-state index is 0.434. The summed E-state index contributed by atoms with van der Waals surface area (Å²) in [5, 5.41) is 0. The van der Waals surface area contributed by atoms with Crippen LogP contribution < -0.4 is 0 Å². The summed E-state index contributed by atoms with van der Waals surface area (Å²) in [4.78, 5) is 9.40. The fourth-order valence-electron chi connectivity index (χ4n) is 3.62. The van der Waals surface area contributed by atoms with E-state index in [0.29, 0.717) is 23.7 Å². The average Bonchev–Trinajstić information content (AvgIpc) is 2.64. The van der Waals surface area contributed by atoms with Gasteiger partial charge in [-0.15, -0.1) is 0 Å². The standard InChI is InChI=1S/C26H36N2/c1-17(2)21-11-9-12-22(18(3)4)25(21)15-27-16-28-26-23(19(5)6)13-10-14-24(26)20(7)8/h9-20H,1-8H3. The predicted octanol–water partition coefficient (Wildman–Crippen LogP) is 7.96. The maximum atomic E-state index is 4.79. The molecule has 0 aliphatic heterocycles. The zero-order valence-electron chi connectivity index (χ0n) is 18.8. The molecule has 2 rings (SSSR count). The summed E-state index contributed by atoms with van der Waals surface area (Å²) in [6.45, 7) is 17.8. The molecule has 2 aromatic carbocycles. The fourth-order valence-corrected chi connectivity index (χ4v) is 3.62. The number of hydrogen-bond acceptors (Lipinski definition) is 1. The molecule has 0 unspecified atom stereocenters. The first-order valence-corrected chi connectivity index (χ1v) is 10.5. The molecule has 0 amide bonds. The van der Waals surface area contributed by atoms with Crippen molar-refractivity contribution in [3.63, 3.8) is 0 Å². The maximum absolute atomic E-state index is 4.79. The van der Waals surface area contributed by atoms with Gasteiger partial charge in [-0.25, -0.2) is 9.98 Å². The van der Waals surface area contributed by atoms with Crippen LogP contribution in [0.1, 0.15) is 107 Å². The van der Waals surface area contributed by atoms with E-state index in [0.717, 1.165) is 5.69 Å². The van der Waals surface area contributed by atoms with E-state index in [1.54, 1.807) is 6.34 Å². The highest BCUT2D eigenvalue weighted by Crippen LogP contribution is 2.34. The molecule has 0 bridgehead atoms. The van der Waals surface area contributed by atoms with E-state index in [4.69, 9.17) is 4.99 Å². The summed E-state index contributed by atoms with van der Waals surface area (Å²) in [5.41, 5.74) is 7.56. The molecular weight excluding hydrogens is 340 g/mol. The summed E-state index contributed by atoms with van der Waals surface area (Å²) < 4.78 is 0. The van der Waals surface area contributed by atoms with Gasteiger partial charge in [0.25, 0.3) is 0 Å². The molecule has 0 aromatic heterocycles. The molecule has 0 heterocycles. The topological polar surface area (TPSA) is 24.7 Å². The second-order valence-electron chi connectivity index (χ2n) is 8.78. The van der Waals surface area contributed by atoms with E-state index in [1.807, 2.05) is 6.21 Å². The number of hydrogen-bond donors (Lipinski definition) is 0. The van der Waals surface area contributed by atoms with Crippen LogP contribution in [0.3, 0.4) is 0 Å². The van der Waals surface area contributed by atoms with E-state index in [-0.39, 0.29) is 0 Å². The number of benzene rings is 2. The third-order valence-corrected chi connectivity index (χ3v) is 5.22. The third-order valence-electron chi connectivity index (χ3n) is 5.22. The Morgan fingerprint density at radius 1 is 0.607 bits per heavy atom. The van der Waals surface area contributed by atoms with Crippen LogP contribution in [0.4, 0.5) is 5.69 Å². The average molecular weight is 377 g/mol. The second-order valence-corrected chi connectivity index (χ2v) is 8.78. The van der Waals surface area contributed by atoms with Crippen molar-refractivity contribution in [1.82, 2.24) is 0 Å². The Labute approximate surface area is 171 Å². The molecule has 0 saturated heterocycles. The quantitative estimate of drug-likeness (QED) is 0.346. The highest BCUT2D eigenvalue weighted by atomic mass is 14.9. The molecule has 0 fully saturated rings. The normalized spacial score (nSPS) is 12.6. The molecule has 2 heteroatoms. The van der Waals surface area contributed by atoms with Gasteiger partial charge in [0.05, 0.1) is 5.69 Å².